The predicted molar refractivity (Wildman–Crippen MR) is 85.2 cm³/mol. The maximum atomic E-state index is 10.3. The number of ether oxygens (including phenoxy) is 7. The summed E-state index contributed by atoms with van der Waals surface area (Å²) >= 11 is 0. The monoisotopic (exact) mass is 368 g/mol. The minimum absolute atomic E-state index is 0.130. The van der Waals surface area contributed by atoms with Gasteiger partial charge in [0, 0.05) is 0 Å². The highest BCUT2D eigenvalue weighted by Gasteiger charge is 1.96. The first-order chi connectivity index (χ1) is 12.1. The van der Waals surface area contributed by atoms with Crippen molar-refractivity contribution < 1.29 is 42.7 Å². The number of hydrogen-bond donors (Lipinski definition) is 2. The average Bonchev–Trinajstić information content (AvgIpc) is 2.56. The van der Waals surface area contributed by atoms with E-state index >= 15 is 0 Å². The van der Waals surface area contributed by atoms with Gasteiger partial charge in [0.05, 0.1) is 66.1 Å². The van der Waals surface area contributed by atoms with Crippen LogP contribution in [0.3, 0.4) is 0 Å². The fraction of sp³-hybridized carbons (Fsp3) is 0.857. The zero-order valence-electron chi connectivity index (χ0n) is 14.3. The van der Waals surface area contributed by atoms with E-state index in [4.69, 9.17) is 35.2 Å². The Morgan fingerprint density at radius 2 is 0.640 bits per heavy atom. The lowest BCUT2D eigenvalue weighted by molar-refractivity contribution is -0.0158. The summed E-state index contributed by atoms with van der Waals surface area (Å²) in [6.45, 7) is 4.27. The lowest BCUT2D eigenvalue weighted by atomic mass is 10.7. The molecule has 25 heavy (non-hydrogen) atoms. The third-order valence-electron chi connectivity index (χ3n) is 2.43. The summed E-state index contributed by atoms with van der Waals surface area (Å²) in [7, 11) is 0. The quantitative estimate of drug-likeness (QED) is 0.298. The molecule has 0 aliphatic rings. The summed E-state index contributed by atoms with van der Waals surface area (Å²) in [5.74, 6) is 0. The van der Waals surface area contributed by atoms with E-state index in [1.165, 1.54) is 0 Å². The molecule has 11 nitrogen and oxygen atoms in total. The second kappa shape index (κ2) is 18.7. The largest absolute Gasteiger partial charge is 0.447 e. The summed E-state index contributed by atoms with van der Waals surface area (Å²) < 4.78 is 35.1. The van der Waals surface area contributed by atoms with Crippen molar-refractivity contribution in [2.24, 2.45) is 11.5 Å². The number of rotatable bonds is 18. The lowest BCUT2D eigenvalue weighted by Gasteiger charge is -2.08. The standard InChI is InChI=1S/C14H28N2O9/c15-13(17)24-11-9-22-7-5-20-3-1-19-2-4-21-6-8-23-10-12-25-14(16)18/h1-12H2,(H2,15,17)(H2,16,18). The first-order valence-electron chi connectivity index (χ1n) is 7.86. The molecule has 0 rings (SSSR count). The molecule has 4 N–H and O–H groups in total. The molecule has 11 heteroatoms. The zero-order valence-corrected chi connectivity index (χ0v) is 14.3. The summed E-state index contributed by atoms with van der Waals surface area (Å²) in [6.07, 6.45) is -1.63. The Hall–Kier alpha value is -1.66. The molecule has 0 aromatic heterocycles. The van der Waals surface area contributed by atoms with Crippen molar-refractivity contribution in [3.63, 3.8) is 0 Å². The van der Waals surface area contributed by atoms with Crippen LogP contribution in [0.5, 0.6) is 0 Å². The Bertz CT molecular complexity index is 301. The SMILES string of the molecule is NC(=O)OCCOCCOCCOCCOCCOCCOC(N)=O. The molecule has 0 aliphatic carbocycles. The second-order valence-corrected chi connectivity index (χ2v) is 4.40. The maximum absolute atomic E-state index is 10.3. The van der Waals surface area contributed by atoms with Gasteiger partial charge in [-0.1, -0.05) is 0 Å². The van der Waals surface area contributed by atoms with Crippen LogP contribution in [0.4, 0.5) is 9.59 Å². The van der Waals surface area contributed by atoms with Crippen molar-refractivity contribution in [3.8, 4) is 0 Å². The van der Waals surface area contributed by atoms with E-state index in [1.807, 2.05) is 0 Å². The fourth-order valence-corrected chi connectivity index (χ4v) is 1.38. The number of hydrogen-bond acceptors (Lipinski definition) is 9. The van der Waals surface area contributed by atoms with Crippen LogP contribution >= 0.6 is 0 Å². The smallest absolute Gasteiger partial charge is 0.404 e. The highest BCUT2D eigenvalue weighted by atomic mass is 16.6. The topological polar surface area (TPSA) is 151 Å². The minimum Gasteiger partial charge on any atom is -0.447 e. The van der Waals surface area contributed by atoms with Crippen molar-refractivity contribution in [1.82, 2.24) is 0 Å². The maximum Gasteiger partial charge on any atom is 0.404 e. The van der Waals surface area contributed by atoms with E-state index < -0.39 is 12.2 Å². The van der Waals surface area contributed by atoms with Gasteiger partial charge in [-0.15, -0.1) is 0 Å². The first kappa shape index (κ1) is 23.3. The van der Waals surface area contributed by atoms with Crippen molar-refractivity contribution in [3.05, 3.63) is 0 Å². The number of nitrogens with two attached hydrogens (primary N) is 2. The van der Waals surface area contributed by atoms with Gasteiger partial charge in [-0.2, -0.15) is 0 Å². The van der Waals surface area contributed by atoms with Gasteiger partial charge < -0.3 is 44.6 Å². The van der Waals surface area contributed by atoms with Gasteiger partial charge in [0.2, 0.25) is 0 Å². The first-order valence-corrected chi connectivity index (χ1v) is 7.86. The lowest BCUT2D eigenvalue weighted by Crippen LogP contribution is -2.18. The number of primary amides is 2. The van der Waals surface area contributed by atoms with E-state index in [-0.39, 0.29) is 26.4 Å². The fourth-order valence-electron chi connectivity index (χ4n) is 1.38. The summed E-state index contributed by atoms with van der Waals surface area (Å²) in [5, 5.41) is 0. The van der Waals surface area contributed by atoms with Gasteiger partial charge in [-0.05, 0) is 0 Å². The molecule has 0 atom stereocenters. The van der Waals surface area contributed by atoms with E-state index in [2.05, 4.69) is 9.47 Å². The van der Waals surface area contributed by atoms with E-state index in [1.54, 1.807) is 0 Å². The highest BCUT2D eigenvalue weighted by molar-refractivity contribution is 5.64. The molecule has 0 unspecified atom stereocenters. The minimum atomic E-state index is -0.816. The molecule has 0 aliphatic heterocycles. The molecule has 2 amide bonds. The van der Waals surface area contributed by atoms with Crippen LogP contribution in [0.15, 0.2) is 0 Å². The van der Waals surface area contributed by atoms with Crippen LogP contribution in [-0.4, -0.2) is 91.5 Å². The van der Waals surface area contributed by atoms with Crippen LogP contribution in [-0.2, 0) is 33.2 Å². The normalized spacial score (nSPS) is 10.6. The van der Waals surface area contributed by atoms with E-state index in [9.17, 15) is 9.59 Å². The number of amides is 2. The Kier molecular flexibility index (Phi) is 17.4. The second-order valence-electron chi connectivity index (χ2n) is 4.40. The van der Waals surface area contributed by atoms with E-state index in [0.717, 1.165) is 0 Å². The molecule has 0 aromatic carbocycles. The Labute approximate surface area is 146 Å². The Morgan fingerprint density at radius 3 is 0.840 bits per heavy atom. The van der Waals surface area contributed by atoms with Crippen LogP contribution in [0, 0.1) is 0 Å². The van der Waals surface area contributed by atoms with Gasteiger partial charge in [0.15, 0.2) is 0 Å². The molecule has 0 heterocycles. The predicted octanol–water partition coefficient (Wildman–Crippen LogP) is -0.740. The van der Waals surface area contributed by atoms with Crippen LogP contribution in [0.25, 0.3) is 0 Å². The van der Waals surface area contributed by atoms with Crippen LogP contribution < -0.4 is 11.5 Å². The number of carbonyl (C=O) groups excluding carboxylic acids is 2. The van der Waals surface area contributed by atoms with Gasteiger partial charge in [-0.3, -0.25) is 0 Å². The van der Waals surface area contributed by atoms with Crippen LogP contribution in [0.2, 0.25) is 0 Å². The Morgan fingerprint density at radius 1 is 0.440 bits per heavy atom. The van der Waals surface area contributed by atoms with Crippen molar-refractivity contribution in [2.45, 2.75) is 0 Å². The molecule has 0 fully saturated rings. The van der Waals surface area contributed by atoms with Crippen LogP contribution in [0.1, 0.15) is 0 Å². The van der Waals surface area contributed by atoms with Crippen molar-refractivity contribution in [1.29, 1.82) is 0 Å². The molecular formula is C14H28N2O9. The molecule has 0 radical (unpaired) electrons. The van der Waals surface area contributed by atoms with Gasteiger partial charge in [0.25, 0.3) is 0 Å². The third-order valence-corrected chi connectivity index (χ3v) is 2.43. The average molecular weight is 368 g/mol. The van der Waals surface area contributed by atoms with Gasteiger partial charge >= 0.3 is 12.2 Å². The van der Waals surface area contributed by atoms with Crippen molar-refractivity contribution >= 4 is 12.2 Å². The van der Waals surface area contributed by atoms with Gasteiger partial charge in [0.1, 0.15) is 13.2 Å². The molecule has 0 saturated heterocycles. The molecular weight excluding hydrogens is 340 g/mol. The molecule has 0 bridgehead atoms. The Balaban J connectivity index is 3.00. The summed E-state index contributed by atoms with van der Waals surface area (Å²) in [4.78, 5) is 20.5. The zero-order chi connectivity index (χ0) is 18.6. The van der Waals surface area contributed by atoms with Crippen molar-refractivity contribution in [2.75, 3.05) is 79.3 Å². The summed E-state index contributed by atoms with van der Waals surface area (Å²) in [5.41, 5.74) is 9.57. The highest BCUT2D eigenvalue weighted by Crippen LogP contribution is 1.85. The third kappa shape index (κ3) is 22.3. The molecule has 148 valence electrons. The molecule has 0 spiro atoms. The summed E-state index contributed by atoms with van der Waals surface area (Å²) in [6, 6.07) is 0. The van der Waals surface area contributed by atoms with Gasteiger partial charge in [-0.25, -0.2) is 9.59 Å². The molecule has 0 saturated carbocycles. The number of carbonyl (C=O) groups is 2. The molecule has 0 aromatic rings. The van der Waals surface area contributed by atoms with E-state index in [0.29, 0.717) is 52.9 Å².